The van der Waals surface area contributed by atoms with Gasteiger partial charge in [0.05, 0.1) is 4.47 Å². The van der Waals surface area contributed by atoms with Crippen LogP contribution in [0.4, 0.5) is 0 Å². The summed E-state index contributed by atoms with van der Waals surface area (Å²) in [6.07, 6.45) is -0.636. The molecule has 3 nitrogen and oxygen atoms in total. The molecule has 1 aliphatic heterocycles. The standard InChI is InChI=1S/C13H11BrO3S/c14-10-5-9(12(15)8-1-4-18-7-8)6-11-13(10)17-3-2-16-11/h1,4-7,12,15H,2-3H2. The van der Waals surface area contributed by atoms with Crippen LogP contribution in [-0.2, 0) is 0 Å². The molecule has 2 heterocycles. The molecule has 0 aliphatic carbocycles. The molecule has 1 aliphatic rings. The van der Waals surface area contributed by atoms with Gasteiger partial charge in [-0.15, -0.1) is 0 Å². The van der Waals surface area contributed by atoms with Gasteiger partial charge < -0.3 is 14.6 Å². The van der Waals surface area contributed by atoms with Gasteiger partial charge in [0.25, 0.3) is 0 Å². The van der Waals surface area contributed by atoms with Crippen LogP contribution in [0.25, 0.3) is 0 Å². The van der Waals surface area contributed by atoms with Gasteiger partial charge in [0.1, 0.15) is 19.3 Å². The number of halogens is 1. The van der Waals surface area contributed by atoms with Crippen LogP contribution in [0, 0.1) is 0 Å². The summed E-state index contributed by atoms with van der Waals surface area (Å²) in [6.45, 7) is 1.09. The van der Waals surface area contributed by atoms with Crippen molar-refractivity contribution in [2.75, 3.05) is 13.2 Å². The molecule has 1 atom stereocenters. The van der Waals surface area contributed by atoms with Gasteiger partial charge in [0.15, 0.2) is 11.5 Å². The van der Waals surface area contributed by atoms with E-state index in [1.54, 1.807) is 11.3 Å². The van der Waals surface area contributed by atoms with E-state index in [9.17, 15) is 5.11 Å². The summed E-state index contributed by atoms with van der Waals surface area (Å²) in [4.78, 5) is 0. The van der Waals surface area contributed by atoms with Gasteiger partial charge >= 0.3 is 0 Å². The van der Waals surface area contributed by atoms with E-state index in [1.807, 2.05) is 29.0 Å². The highest BCUT2D eigenvalue weighted by Crippen LogP contribution is 2.40. The summed E-state index contributed by atoms with van der Waals surface area (Å²) in [6, 6.07) is 5.62. The van der Waals surface area contributed by atoms with Crippen molar-refractivity contribution in [2.45, 2.75) is 6.10 Å². The third kappa shape index (κ3) is 2.13. The lowest BCUT2D eigenvalue weighted by Gasteiger charge is -2.21. The first kappa shape index (κ1) is 12.0. The smallest absolute Gasteiger partial charge is 0.175 e. The van der Waals surface area contributed by atoms with Crippen molar-refractivity contribution < 1.29 is 14.6 Å². The quantitative estimate of drug-likeness (QED) is 0.919. The van der Waals surface area contributed by atoms with Crippen molar-refractivity contribution in [3.63, 3.8) is 0 Å². The fourth-order valence-electron chi connectivity index (χ4n) is 1.91. The number of rotatable bonds is 2. The molecule has 0 spiro atoms. The van der Waals surface area contributed by atoms with Crippen molar-refractivity contribution in [2.24, 2.45) is 0 Å². The van der Waals surface area contributed by atoms with Crippen LogP contribution in [-0.4, -0.2) is 18.3 Å². The van der Waals surface area contributed by atoms with E-state index < -0.39 is 6.10 Å². The van der Waals surface area contributed by atoms with Crippen molar-refractivity contribution in [3.8, 4) is 11.5 Å². The van der Waals surface area contributed by atoms with Crippen LogP contribution in [0.5, 0.6) is 11.5 Å². The summed E-state index contributed by atoms with van der Waals surface area (Å²) < 4.78 is 11.9. The van der Waals surface area contributed by atoms with Crippen molar-refractivity contribution in [3.05, 3.63) is 44.6 Å². The van der Waals surface area contributed by atoms with E-state index in [0.717, 1.165) is 15.6 Å². The second-order valence-corrected chi connectivity index (χ2v) is 5.62. The molecular formula is C13H11BrO3S. The summed E-state index contributed by atoms with van der Waals surface area (Å²) in [7, 11) is 0. The number of hydrogen-bond acceptors (Lipinski definition) is 4. The highest BCUT2D eigenvalue weighted by Gasteiger charge is 2.20. The number of benzene rings is 1. The number of thiophene rings is 1. The predicted molar refractivity (Wildman–Crippen MR) is 73.5 cm³/mol. The molecule has 1 aromatic carbocycles. The average Bonchev–Trinajstić information content (AvgIpc) is 2.91. The van der Waals surface area contributed by atoms with Crippen molar-refractivity contribution >= 4 is 27.3 Å². The van der Waals surface area contributed by atoms with E-state index in [-0.39, 0.29) is 0 Å². The second-order valence-electron chi connectivity index (χ2n) is 3.99. The Hall–Kier alpha value is -1.04. The molecule has 18 heavy (non-hydrogen) atoms. The zero-order valence-electron chi connectivity index (χ0n) is 9.43. The summed E-state index contributed by atoms with van der Waals surface area (Å²) >= 11 is 5.02. The summed E-state index contributed by atoms with van der Waals surface area (Å²) in [5, 5.41) is 14.2. The minimum absolute atomic E-state index is 0.539. The Labute approximate surface area is 117 Å². The van der Waals surface area contributed by atoms with Crippen LogP contribution < -0.4 is 9.47 Å². The molecule has 5 heteroatoms. The van der Waals surface area contributed by atoms with Gasteiger partial charge in [-0.3, -0.25) is 0 Å². The number of fused-ring (bicyclic) bond motifs is 1. The molecule has 0 saturated heterocycles. The first-order valence-electron chi connectivity index (χ1n) is 5.55. The third-order valence-corrected chi connectivity index (χ3v) is 4.08. The van der Waals surface area contributed by atoms with Gasteiger partial charge in [-0.2, -0.15) is 11.3 Å². The average molecular weight is 327 g/mol. The Morgan fingerprint density at radius 1 is 1.22 bits per heavy atom. The van der Waals surface area contributed by atoms with Crippen molar-refractivity contribution in [1.29, 1.82) is 0 Å². The highest BCUT2D eigenvalue weighted by atomic mass is 79.9. The molecule has 1 aromatic heterocycles. The summed E-state index contributed by atoms with van der Waals surface area (Å²) in [5.41, 5.74) is 1.69. The Balaban J connectivity index is 2.00. The minimum Gasteiger partial charge on any atom is -0.486 e. The van der Waals surface area contributed by atoms with Crippen molar-refractivity contribution in [1.82, 2.24) is 0 Å². The lowest BCUT2D eigenvalue weighted by atomic mass is 10.0. The highest BCUT2D eigenvalue weighted by molar-refractivity contribution is 9.10. The van der Waals surface area contributed by atoms with E-state index in [4.69, 9.17) is 9.47 Å². The van der Waals surface area contributed by atoms with E-state index in [1.165, 1.54) is 0 Å². The minimum atomic E-state index is -0.636. The number of hydrogen-bond donors (Lipinski definition) is 1. The van der Waals surface area contributed by atoms with Crippen LogP contribution >= 0.6 is 27.3 Å². The van der Waals surface area contributed by atoms with E-state index in [0.29, 0.717) is 24.7 Å². The van der Waals surface area contributed by atoms with Gasteiger partial charge in [-0.05, 0) is 56.0 Å². The van der Waals surface area contributed by atoms with Crippen LogP contribution in [0.2, 0.25) is 0 Å². The lowest BCUT2D eigenvalue weighted by Crippen LogP contribution is -2.16. The zero-order valence-corrected chi connectivity index (χ0v) is 11.8. The van der Waals surface area contributed by atoms with Crippen LogP contribution in [0.3, 0.4) is 0 Å². The molecule has 0 fully saturated rings. The fourth-order valence-corrected chi connectivity index (χ4v) is 3.16. The maximum Gasteiger partial charge on any atom is 0.175 e. The molecule has 0 amide bonds. The lowest BCUT2D eigenvalue weighted by molar-refractivity contribution is 0.168. The number of aliphatic hydroxyl groups is 1. The van der Waals surface area contributed by atoms with Gasteiger partial charge in [0, 0.05) is 0 Å². The molecule has 1 N–H and O–H groups in total. The van der Waals surface area contributed by atoms with Gasteiger partial charge in [0.2, 0.25) is 0 Å². The Morgan fingerprint density at radius 3 is 2.83 bits per heavy atom. The molecule has 1 unspecified atom stereocenters. The number of aliphatic hydroxyl groups excluding tert-OH is 1. The maximum absolute atomic E-state index is 10.3. The Bertz CT molecular complexity index is 554. The molecule has 0 radical (unpaired) electrons. The normalized spacial score (nSPS) is 15.4. The predicted octanol–water partition coefficient (Wildman–Crippen LogP) is 3.36. The van der Waals surface area contributed by atoms with Crippen LogP contribution in [0.1, 0.15) is 17.2 Å². The maximum atomic E-state index is 10.3. The molecule has 0 bridgehead atoms. The second kappa shape index (κ2) is 4.91. The molecule has 2 aromatic rings. The molecule has 3 rings (SSSR count). The van der Waals surface area contributed by atoms with E-state index in [2.05, 4.69) is 15.9 Å². The van der Waals surface area contributed by atoms with E-state index >= 15 is 0 Å². The van der Waals surface area contributed by atoms with Gasteiger partial charge in [-0.1, -0.05) is 0 Å². The summed E-state index contributed by atoms with van der Waals surface area (Å²) in [5.74, 6) is 1.39. The SMILES string of the molecule is OC(c1ccsc1)c1cc(Br)c2c(c1)OCCO2. The monoisotopic (exact) mass is 326 g/mol. The first-order chi connectivity index (χ1) is 8.75. The first-order valence-corrected chi connectivity index (χ1v) is 7.28. The molecule has 0 saturated carbocycles. The van der Waals surface area contributed by atoms with Crippen LogP contribution in [0.15, 0.2) is 33.4 Å². The fraction of sp³-hybridized carbons (Fsp3) is 0.231. The molecular weight excluding hydrogens is 316 g/mol. The molecule has 94 valence electrons. The Kier molecular flexibility index (Phi) is 3.28. The third-order valence-electron chi connectivity index (χ3n) is 2.79. The number of ether oxygens (including phenoxy) is 2. The largest absolute Gasteiger partial charge is 0.486 e. The zero-order chi connectivity index (χ0) is 12.5. The Morgan fingerprint density at radius 2 is 2.06 bits per heavy atom. The van der Waals surface area contributed by atoms with Gasteiger partial charge in [-0.25, -0.2) is 0 Å². The topological polar surface area (TPSA) is 38.7 Å².